The molecule has 0 saturated heterocycles. The standard InChI is InChI=1S/C18H16Cl2F3N5O/c1-9(2)15-13(28(27-26-15)16-10(19)4-3-5-11(16)20)8-29-14-7-6-12(24)17(25-14)18(21,22)23/h3-7,9H,8,24H2,1-2H3. The molecular formula is C18H16Cl2F3N5O. The molecule has 0 aliphatic heterocycles. The minimum atomic E-state index is -4.69. The lowest BCUT2D eigenvalue weighted by Gasteiger charge is -2.14. The van der Waals surface area contributed by atoms with Crippen LogP contribution in [0.1, 0.15) is 36.8 Å². The number of nitrogen functional groups attached to an aromatic ring is 1. The highest BCUT2D eigenvalue weighted by molar-refractivity contribution is 6.37. The van der Waals surface area contributed by atoms with Crippen LogP contribution in [0.4, 0.5) is 18.9 Å². The third kappa shape index (κ3) is 4.40. The van der Waals surface area contributed by atoms with E-state index in [0.29, 0.717) is 27.1 Å². The van der Waals surface area contributed by atoms with E-state index in [-0.39, 0.29) is 18.4 Å². The van der Waals surface area contributed by atoms with Gasteiger partial charge < -0.3 is 10.5 Å². The summed E-state index contributed by atoms with van der Waals surface area (Å²) >= 11 is 12.5. The van der Waals surface area contributed by atoms with Crippen LogP contribution >= 0.6 is 23.2 Å². The number of rotatable bonds is 5. The second-order valence-electron chi connectivity index (χ2n) is 6.43. The molecule has 1 aromatic carbocycles. The minimum absolute atomic E-state index is 0.0336. The first-order valence-electron chi connectivity index (χ1n) is 8.45. The van der Waals surface area contributed by atoms with Crippen molar-refractivity contribution >= 4 is 28.9 Å². The molecule has 0 aliphatic carbocycles. The number of para-hydroxylation sites is 1. The maximum absolute atomic E-state index is 13.0. The Bertz CT molecular complexity index is 1020. The molecule has 3 rings (SSSR count). The Kier molecular flexibility index (Phi) is 5.90. The zero-order valence-electron chi connectivity index (χ0n) is 15.3. The topological polar surface area (TPSA) is 78.8 Å². The predicted octanol–water partition coefficient (Wildman–Crippen LogP) is 5.27. The van der Waals surface area contributed by atoms with Crippen LogP contribution in [-0.4, -0.2) is 20.0 Å². The molecule has 0 bridgehead atoms. The summed E-state index contributed by atoms with van der Waals surface area (Å²) in [6.07, 6.45) is -4.69. The SMILES string of the molecule is CC(C)c1nnn(-c2c(Cl)cccc2Cl)c1COc1ccc(N)c(C(F)(F)F)n1. The molecule has 0 saturated carbocycles. The fourth-order valence-corrected chi connectivity index (χ4v) is 3.23. The van der Waals surface area contributed by atoms with E-state index in [1.54, 1.807) is 18.2 Å². The molecule has 2 aromatic heterocycles. The van der Waals surface area contributed by atoms with Crippen LogP contribution in [0.15, 0.2) is 30.3 Å². The van der Waals surface area contributed by atoms with Crippen molar-refractivity contribution in [1.82, 2.24) is 20.0 Å². The summed E-state index contributed by atoms with van der Waals surface area (Å²) in [4.78, 5) is 3.48. The largest absolute Gasteiger partial charge is 0.471 e. The van der Waals surface area contributed by atoms with Crippen molar-refractivity contribution < 1.29 is 17.9 Å². The molecule has 6 nitrogen and oxygen atoms in total. The molecule has 0 aliphatic rings. The summed E-state index contributed by atoms with van der Waals surface area (Å²) < 4.78 is 46.0. The van der Waals surface area contributed by atoms with Crippen molar-refractivity contribution in [2.45, 2.75) is 32.5 Å². The zero-order valence-corrected chi connectivity index (χ0v) is 16.8. The van der Waals surface area contributed by atoms with Gasteiger partial charge in [-0.1, -0.05) is 48.3 Å². The Morgan fingerprint density at radius 1 is 1.14 bits per heavy atom. The highest BCUT2D eigenvalue weighted by Gasteiger charge is 2.35. The van der Waals surface area contributed by atoms with Crippen molar-refractivity contribution in [2.24, 2.45) is 0 Å². The summed E-state index contributed by atoms with van der Waals surface area (Å²) in [6.45, 7) is 3.64. The Morgan fingerprint density at radius 2 is 1.79 bits per heavy atom. The molecular weight excluding hydrogens is 430 g/mol. The summed E-state index contributed by atoms with van der Waals surface area (Å²) in [6, 6.07) is 7.31. The highest BCUT2D eigenvalue weighted by atomic mass is 35.5. The van der Waals surface area contributed by atoms with Gasteiger partial charge in [-0.05, 0) is 24.1 Å². The molecule has 2 heterocycles. The van der Waals surface area contributed by atoms with Gasteiger partial charge in [0.1, 0.15) is 18.0 Å². The molecule has 29 heavy (non-hydrogen) atoms. The quantitative estimate of drug-likeness (QED) is 0.578. The lowest BCUT2D eigenvalue weighted by Crippen LogP contribution is -2.13. The molecule has 3 aromatic rings. The molecule has 11 heteroatoms. The van der Waals surface area contributed by atoms with Crippen molar-refractivity contribution in [3.63, 3.8) is 0 Å². The van der Waals surface area contributed by atoms with Crippen molar-refractivity contribution in [3.05, 3.63) is 57.5 Å². The van der Waals surface area contributed by atoms with E-state index in [9.17, 15) is 13.2 Å². The van der Waals surface area contributed by atoms with Gasteiger partial charge in [0, 0.05) is 6.07 Å². The van der Waals surface area contributed by atoms with Crippen molar-refractivity contribution in [3.8, 4) is 11.6 Å². The first-order valence-corrected chi connectivity index (χ1v) is 9.20. The fourth-order valence-electron chi connectivity index (χ4n) is 2.67. The van der Waals surface area contributed by atoms with Crippen LogP contribution in [0.2, 0.25) is 10.0 Å². The summed E-state index contributed by atoms with van der Waals surface area (Å²) in [5.41, 5.74) is 5.16. The summed E-state index contributed by atoms with van der Waals surface area (Å²) in [7, 11) is 0. The van der Waals surface area contributed by atoms with E-state index < -0.39 is 17.6 Å². The van der Waals surface area contributed by atoms with Crippen LogP contribution in [0.25, 0.3) is 5.69 Å². The van der Waals surface area contributed by atoms with Crippen LogP contribution in [-0.2, 0) is 12.8 Å². The molecule has 0 unspecified atom stereocenters. The van der Waals surface area contributed by atoms with Gasteiger partial charge in [0.25, 0.3) is 0 Å². The number of nitrogens with two attached hydrogens (primary N) is 1. The minimum Gasteiger partial charge on any atom is -0.471 e. The van der Waals surface area contributed by atoms with Gasteiger partial charge >= 0.3 is 6.18 Å². The number of aromatic nitrogens is 4. The number of hydrogen-bond donors (Lipinski definition) is 1. The normalized spacial score (nSPS) is 11.9. The van der Waals surface area contributed by atoms with Gasteiger partial charge in [-0.15, -0.1) is 5.10 Å². The van der Waals surface area contributed by atoms with Crippen LogP contribution in [0, 0.1) is 0 Å². The van der Waals surface area contributed by atoms with Gasteiger partial charge in [0.15, 0.2) is 5.69 Å². The third-order valence-electron chi connectivity index (χ3n) is 4.02. The van der Waals surface area contributed by atoms with Crippen LogP contribution < -0.4 is 10.5 Å². The first kappa shape index (κ1) is 21.2. The van der Waals surface area contributed by atoms with E-state index >= 15 is 0 Å². The maximum atomic E-state index is 13.0. The van der Waals surface area contributed by atoms with Crippen molar-refractivity contribution in [2.75, 3.05) is 5.73 Å². The second-order valence-corrected chi connectivity index (χ2v) is 7.25. The number of alkyl halides is 3. The number of halogens is 5. The Morgan fingerprint density at radius 3 is 2.38 bits per heavy atom. The fraction of sp³-hybridized carbons (Fsp3) is 0.278. The monoisotopic (exact) mass is 445 g/mol. The smallest absolute Gasteiger partial charge is 0.435 e. The van der Waals surface area contributed by atoms with E-state index in [1.165, 1.54) is 10.7 Å². The lowest BCUT2D eigenvalue weighted by atomic mass is 10.1. The molecule has 0 fully saturated rings. The number of anilines is 1. The number of pyridine rings is 1. The molecule has 0 radical (unpaired) electrons. The van der Waals surface area contributed by atoms with Gasteiger partial charge in [-0.3, -0.25) is 0 Å². The van der Waals surface area contributed by atoms with Gasteiger partial charge in [0.05, 0.1) is 21.4 Å². The Hall–Kier alpha value is -2.52. The van der Waals surface area contributed by atoms with E-state index in [2.05, 4.69) is 15.3 Å². The van der Waals surface area contributed by atoms with Gasteiger partial charge in [-0.2, -0.15) is 13.2 Å². The van der Waals surface area contributed by atoms with Crippen LogP contribution in [0.3, 0.4) is 0 Å². The van der Waals surface area contributed by atoms with Gasteiger partial charge in [-0.25, -0.2) is 9.67 Å². The summed E-state index contributed by atoms with van der Waals surface area (Å²) in [5.74, 6) is -0.270. The maximum Gasteiger partial charge on any atom is 0.435 e. The predicted molar refractivity (Wildman–Crippen MR) is 103 cm³/mol. The van der Waals surface area contributed by atoms with Gasteiger partial charge in [0.2, 0.25) is 5.88 Å². The number of ether oxygens (including phenoxy) is 1. The van der Waals surface area contributed by atoms with E-state index in [1.807, 2.05) is 13.8 Å². The average Bonchev–Trinajstić information content (AvgIpc) is 3.04. The number of nitrogens with zero attached hydrogens (tertiary/aromatic N) is 4. The Balaban J connectivity index is 1.99. The molecule has 154 valence electrons. The molecule has 0 amide bonds. The molecule has 2 N–H and O–H groups in total. The molecule has 0 spiro atoms. The second kappa shape index (κ2) is 8.08. The zero-order chi connectivity index (χ0) is 21.3. The number of hydrogen-bond acceptors (Lipinski definition) is 5. The average molecular weight is 446 g/mol. The van der Waals surface area contributed by atoms with E-state index in [0.717, 1.165) is 6.07 Å². The molecule has 0 atom stereocenters. The van der Waals surface area contributed by atoms with E-state index in [4.69, 9.17) is 33.7 Å². The highest BCUT2D eigenvalue weighted by Crippen LogP contribution is 2.34. The van der Waals surface area contributed by atoms with Crippen LogP contribution in [0.5, 0.6) is 5.88 Å². The van der Waals surface area contributed by atoms with Crippen molar-refractivity contribution in [1.29, 1.82) is 0 Å². The first-order chi connectivity index (χ1) is 13.6. The third-order valence-corrected chi connectivity index (χ3v) is 4.63. The Labute approximate surface area is 174 Å². The summed E-state index contributed by atoms with van der Waals surface area (Å²) in [5, 5.41) is 8.94. The lowest BCUT2D eigenvalue weighted by molar-refractivity contribution is -0.140. The number of benzene rings is 1.